The second kappa shape index (κ2) is 6.74. The van der Waals surface area contributed by atoms with Gasteiger partial charge in [0.05, 0.1) is 5.56 Å². The van der Waals surface area contributed by atoms with Crippen molar-refractivity contribution in [3.05, 3.63) is 34.4 Å². The first-order chi connectivity index (χ1) is 11.1. The number of carboxylic acids is 1. The minimum atomic E-state index is -0.808. The molecule has 5 nitrogen and oxygen atoms in total. The van der Waals surface area contributed by atoms with Crippen LogP contribution in [0.15, 0.2) is 28.9 Å². The largest absolute Gasteiger partial charge is 0.481 e. The molecule has 2 heterocycles. The van der Waals surface area contributed by atoms with Gasteiger partial charge in [-0.3, -0.25) is 9.59 Å². The number of amides is 1. The second-order valence-corrected chi connectivity index (χ2v) is 6.80. The molecule has 1 fully saturated rings. The summed E-state index contributed by atoms with van der Waals surface area (Å²) in [6.45, 7) is 0.695. The number of carbonyl (C=O) groups is 2. The van der Waals surface area contributed by atoms with E-state index in [0.717, 1.165) is 34.6 Å². The normalized spacial score (nSPS) is 18.3. The summed E-state index contributed by atoms with van der Waals surface area (Å²) in [7, 11) is 0. The summed E-state index contributed by atoms with van der Waals surface area (Å²) in [5.74, 6) is -0.823. The number of carbonyl (C=O) groups excluding carboxylic acids is 1. The molecular formula is C17H19BrN2O3. The van der Waals surface area contributed by atoms with E-state index < -0.39 is 5.97 Å². The minimum Gasteiger partial charge on any atom is -0.481 e. The Morgan fingerprint density at radius 3 is 2.96 bits per heavy atom. The second-order valence-electron chi connectivity index (χ2n) is 5.95. The summed E-state index contributed by atoms with van der Waals surface area (Å²) < 4.78 is 0.888. The Balaban J connectivity index is 1.88. The van der Waals surface area contributed by atoms with Crippen LogP contribution in [0.4, 0.5) is 0 Å². The number of nitrogens with zero attached hydrogens (tertiary/aromatic N) is 1. The van der Waals surface area contributed by atoms with Crippen molar-refractivity contribution in [1.82, 2.24) is 9.88 Å². The van der Waals surface area contributed by atoms with Crippen molar-refractivity contribution in [2.24, 2.45) is 0 Å². The number of hydrogen-bond donors (Lipinski definition) is 2. The first-order valence-corrected chi connectivity index (χ1v) is 8.65. The Morgan fingerprint density at radius 2 is 2.17 bits per heavy atom. The topological polar surface area (TPSA) is 73.4 Å². The number of piperidine rings is 1. The Bertz CT molecular complexity index is 741. The van der Waals surface area contributed by atoms with Gasteiger partial charge in [-0.15, -0.1) is 0 Å². The molecule has 1 aromatic heterocycles. The van der Waals surface area contributed by atoms with Crippen molar-refractivity contribution in [3.8, 4) is 0 Å². The fraction of sp³-hybridized carbons (Fsp3) is 0.412. The molecule has 1 amide bonds. The zero-order valence-electron chi connectivity index (χ0n) is 12.7. The number of fused-ring (bicyclic) bond motifs is 1. The lowest BCUT2D eigenvalue weighted by molar-refractivity contribution is -0.137. The summed E-state index contributed by atoms with van der Waals surface area (Å²) in [5, 5.41) is 9.80. The molecule has 0 aliphatic carbocycles. The van der Waals surface area contributed by atoms with Crippen molar-refractivity contribution in [2.45, 2.75) is 38.1 Å². The molecule has 0 bridgehead atoms. The molecule has 3 rings (SSSR count). The van der Waals surface area contributed by atoms with E-state index in [-0.39, 0.29) is 18.4 Å². The lowest BCUT2D eigenvalue weighted by Crippen LogP contribution is -2.43. The molecule has 0 spiro atoms. The summed E-state index contributed by atoms with van der Waals surface area (Å²) >= 11 is 3.52. The fourth-order valence-electron chi connectivity index (χ4n) is 3.32. The third kappa shape index (κ3) is 3.27. The van der Waals surface area contributed by atoms with Crippen molar-refractivity contribution in [2.75, 3.05) is 6.54 Å². The van der Waals surface area contributed by atoms with Crippen LogP contribution in [0.1, 0.15) is 42.5 Å². The summed E-state index contributed by atoms with van der Waals surface area (Å²) in [5.41, 5.74) is 1.57. The van der Waals surface area contributed by atoms with Gasteiger partial charge in [-0.05, 0) is 37.8 Å². The molecule has 1 aromatic carbocycles. The van der Waals surface area contributed by atoms with Crippen LogP contribution in [-0.4, -0.2) is 39.5 Å². The van der Waals surface area contributed by atoms with Gasteiger partial charge >= 0.3 is 5.97 Å². The Hall–Kier alpha value is -1.82. The van der Waals surface area contributed by atoms with Gasteiger partial charge in [0.15, 0.2) is 0 Å². The maximum atomic E-state index is 13.0. The maximum absolute atomic E-state index is 13.0. The molecule has 1 aliphatic heterocycles. The molecular weight excluding hydrogens is 360 g/mol. The van der Waals surface area contributed by atoms with Gasteiger partial charge in [0.25, 0.3) is 5.91 Å². The number of benzene rings is 1. The number of halogens is 1. The van der Waals surface area contributed by atoms with Crippen molar-refractivity contribution in [1.29, 1.82) is 0 Å². The predicted octanol–water partition coefficient (Wildman–Crippen LogP) is 3.79. The molecule has 1 saturated heterocycles. The quantitative estimate of drug-likeness (QED) is 0.849. The van der Waals surface area contributed by atoms with E-state index in [1.54, 1.807) is 6.20 Å². The number of rotatable bonds is 4. The first kappa shape index (κ1) is 16.1. The molecule has 1 atom stereocenters. The molecule has 23 heavy (non-hydrogen) atoms. The molecule has 2 aromatic rings. The van der Waals surface area contributed by atoms with E-state index in [2.05, 4.69) is 20.9 Å². The lowest BCUT2D eigenvalue weighted by atomic mass is 9.97. The highest BCUT2D eigenvalue weighted by atomic mass is 79.9. The van der Waals surface area contributed by atoms with Crippen LogP contribution >= 0.6 is 15.9 Å². The highest BCUT2D eigenvalue weighted by Crippen LogP contribution is 2.30. The van der Waals surface area contributed by atoms with Crippen LogP contribution in [0.2, 0.25) is 0 Å². The number of aliphatic carboxylic acids is 1. The van der Waals surface area contributed by atoms with Crippen LogP contribution < -0.4 is 0 Å². The Kier molecular flexibility index (Phi) is 4.71. The molecule has 0 radical (unpaired) electrons. The summed E-state index contributed by atoms with van der Waals surface area (Å²) in [6.07, 6.45) is 5.27. The average Bonchev–Trinajstić information content (AvgIpc) is 2.98. The van der Waals surface area contributed by atoms with Gasteiger partial charge in [0, 0.05) is 40.6 Å². The first-order valence-electron chi connectivity index (χ1n) is 7.86. The number of hydrogen-bond acceptors (Lipinski definition) is 2. The maximum Gasteiger partial charge on any atom is 0.303 e. The van der Waals surface area contributed by atoms with Crippen LogP contribution in [0.5, 0.6) is 0 Å². The molecule has 1 aliphatic rings. The number of aromatic amines is 1. The minimum absolute atomic E-state index is 0.0137. The molecule has 1 unspecified atom stereocenters. The predicted molar refractivity (Wildman–Crippen MR) is 91.5 cm³/mol. The van der Waals surface area contributed by atoms with Crippen LogP contribution in [0.3, 0.4) is 0 Å². The van der Waals surface area contributed by atoms with Gasteiger partial charge in [-0.2, -0.15) is 0 Å². The number of nitrogens with one attached hydrogen (secondary N) is 1. The monoisotopic (exact) mass is 378 g/mol. The molecule has 2 N–H and O–H groups in total. The SMILES string of the molecule is O=C(O)CCC1CCCCN1C(=O)c1c[nH]c2cccc(Br)c12. The zero-order chi connectivity index (χ0) is 16.4. The van der Waals surface area contributed by atoms with Gasteiger partial charge in [-0.25, -0.2) is 0 Å². The van der Waals surface area contributed by atoms with Crippen LogP contribution in [-0.2, 0) is 4.79 Å². The number of likely N-dealkylation sites (tertiary alicyclic amines) is 1. The molecule has 122 valence electrons. The van der Waals surface area contributed by atoms with Gasteiger partial charge in [-0.1, -0.05) is 22.0 Å². The van der Waals surface area contributed by atoms with E-state index >= 15 is 0 Å². The van der Waals surface area contributed by atoms with Gasteiger partial charge in [0.1, 0.15) is 0 Å². The van der Waals surface area contributed by atoms with E-state index in [9.17, 15) is 9.59 Å². The van der Waals surface area contributed by atoms with Crippen molar-refractivity contribution >= 4 is 38.7 Å². The number of aromatic nitrogens is 1. The highest BCUT2D eigenvalue weighted by Gasteiger charge is 2.29. The van der Waals surface area contributed by atoms with Crippen LogP contribution in [0, 0.1) is 0 Å². The average molecular weight is 379 g/mol. The molecule has 6 heteroatoms. The standard InChI is InChI=1S/C17H19BrN2O3/c18-13-5-3-6-14-16(13)12(10-19-14)17(23)20-9-2-1-4-11(20)7-8-15(21)22/h3,5-6,10-11,19H,1-2,4,7-9H2,(H,21,22). The van der Waals surface area contributed by atoms with E-state index in [1.807, 2.05) is 23.1 Å². The lowest BCUT2D eigenvalue weighted by Gasteiger charge is -2.35. The van der Waals surface area contributed by atoms with Crippen molar-refractivity contribution < 1.29 is 14.7 Å². The van der Waals surface area contributed by atoms with E-state index in [0.29, 0.717) is 18.5 Å². The van der Waals surface area contributed by atoms with E-state index in [4.69, 9.17) is 5.11 Å². The zero-order valence-corrected chi connectivity index (χ0v) is 14.3. The van der Waals surface area contributed by atoms with Crippen LogP contribution in [0.25, 0.3) is 10.9 Å². The number of H-pyrrole nitrogens is 1. The fourth-order valence-corrected chi connectivity index (χ4v) is 3.90. The number of carboxylic acid groups (broad SMARTS) is 1. The highest BCUT2D eigenvalue weighted by molar-refractivity contribution is 9.10. The third-order valence-corrected chi connectivity index (χ3v) is 5.13. The van der Waals surface area contributed by atoms with Gasteiger partial charge < -0.3 is 15.0 Å². The Labute approximate surface area is 142 Å². The summed E-state index contributed by atoms with van der Waals surface area (Å²) in [6, 6.07) is 5.80. The summed E-state index contributed by atoms with van der Waals surface area (Å²) in [4.78, 5) is 28.9. The van der Waals surface area contributed by atoms with E-state index in [1.165, 1.54) is 0 Å². The third-order valence-electron chi connectivity index (χ3n) is 4.46. The van der Waals surface area contributed by atoms with Crippen molar-refractivity contribution in [3.63, 3.8) is 0 Å². The Morgan fingerprint density at radius 1 is 1.35 bits per heavy atom. The smallest absolute Gasteiger partial charge is 0.303 e. The van der Waals surface area contributed by atoms with Gasteiger partial charge in [0.2, 0.25) is 0 Å². The molecule has 0 saturated carbocycles.